The molecule has 6 rings (SSSR count). The maximum Gasteiger partial charge on any atom is 0.320 e. The van der Waals surface area contributed by atoms with Crippen LogP contribution in [0.3, 0.4) is 0 Å². The van der Waals surface area contributed by atoms with E-state index in [1.807, 2.05) is 67.6 Å². The number of carboxylic acids is 1. The molecule has 1 unspecified atom stereocenters. The van der Waals surface area contributed by atoms with Gasteiger partial charge < -0.3 is 24.6 Å². The Morgan fingerprint density at radius 3 is 2.67 bits per heavy atom. The summed E-state index contributed by atoms with van der Waals surface area (Å²) in [5.41, 5.74) is 4.82. The maximum atomic E-state index is 11.4. The largest absolute Gasteiger partial charge is 0.489 e. The number of nitrogens with zero attached hydrogens (tertiary/aromatic N) is 3. The average molecular weight is 538 g/mol. The molecule has 2 heterocycles. The molecule has 1 aliphatic carbocycles. The Morgan fingerprint density at radius 2 is 1.88 bits per heavy atom. The van der Waals surface area contributed by atoms with Crippen LogP contribution >= 0.6 is 0 Å². The van der Waals surface area contributed by atoms with Crippen molar-refractivity contribution in [2.75, 3.05) is 5.32 Å². The molecule has 0 bridgehead atoms. The van der Waals surface area contributed by atoms with Crippen LogP contribution in [0.15, 0.2) is 77.2 Å². The van der Waals surface area contributed by atoms with Crippen LogP contribution in [0.5, 0.6) is 5.75 Å². The molecule has 9 heteroatoms. The van der Waals surface area contributed by atoms with Crippen LogP contribution in [0.25, 0.3) is 22.7 Å². The van der Waals surface area contributed by atoms with E-state index >= 15 is 0 Å². The first-order valence-corrected chi connectivity index (χ1v) is 13.6. The van der Waals surface area contributed by atoms with E-state index < -0.39 is 5.97 Å². The van der Waals surface area contributed by atoms with Gasteiger partial charge in [0.15, 0.2) is 5.82 Å². The van der Waals surface area contributed by atoms with Gasteiger partial charge in [0.25, 0.3) is 5.89 Å². The summed E-state index contributed by atoms with van der Waals surface area (Å²) in [6.45, 7) is 2.30. The Kier molecular flexibility index (Phi) is 7.18. The van der Waals surface area contributed by atoms with Crippen LogP contribution in [0, 0.1) is 11.8 Å². The van der Waals surface area contributed by atoms with Gasteiger partial charge in [0.1, 0.15) is 12.4 Å². The van der Waals surface area contributed by atoms with Crippen molar-refractivity contribution in [1.29, 1.82) is 0 Å². The Labute approximate surface area is 231 Å². The number of fused-ring (bicyclic) bond motifs is 1. The predicted molar refractivity (Wildman–Crippen MR) is 151 cm³/mol. The van der Waals surface area contributed by atoms with Gasteiger partial charge >= 0.3 is 12.0 Å². The number of carboxylic acid groups (broad SMARTS) is 1. The molecule has 0 amide bonds. The first-order valence-electron chi connectivity index (χ1n) is 13.6. The molecule has 2 aromatic heterocycles. The number of aromatic nitrogens is 4. The lowest BCUT2D eigenvalue weighted by atomic mass is 9.74. The van der Waals surface area contributed by atoms with Crippen molar-refractivity contribution >= 4 is 28.7 Å². The fraction of sp³-hybridized carbons (Fsp3) is 0.290. The first kappa shape index (κ1) is 25.6. The zero-order valence-corrected chi connectivity index (χ0v) is 22.2. The molecule has 1 atom stereocenters. The zero-order valence-electron chi connectivity index (χ0n) is 22.2. The van der Waals surface area contributed by atoms with E-state index in [4.69, 9.17) is 14.1 Å². The van der Waals surface area contributed by atoms with Gasteiger partial charge in [-0.15, -0.1) is 5.10 Å². The van der Waals surface area contributed by atoms with Gasteiger partial charge in [-0.25, -0.2) is 4.98 Å². The molecule has 1 fully saturated rings. The second-order valence-electron chi connectivity index (χ2n) is 10.4. The Bertz CT molecular complexity index is 1600. The minimum absolute atomic E-state index is 0.249. The van der Waals surface area contributed by atoms with Crippen molar-refractivity contribution in [3.8, 4) is 17.5 Å². The predicted octanol–water partition coefficient (Wildman–Crippen LogP) is 6.93. The standard InChI is InChI=1S/C31H31N5O4/c1-19(30(37)38)21-10-12-22(13-11-21)23-14-15-26-27(16-23)34-28(33-26)29-35-36-31(40-29)32-24-8-5-9-25(17-24)39-18-20-6-3-2-4-7-20/h2-9,14-17,19,21-22H,10-13,18H2,1H3,(H,32,36)(H,33,34)(H,37,38). The third kappa shape index (κ3) is 5.68. The molecule has 3 aromatic carbocycles. The smallest absolute Gasteiger partial charge is 0.320 e. The normalized spacial score (nSPS) is 17.9. The first-order chi connectivity index (χ1) is 19.5. The molecule has 0 saturated heterocycles. The molecule has 0 spiro atoms. The lowest BCUT2D eigenvalue weighted by molar-refractivity contribution is -0.143. The van der Waals surface area contributed by atoms with Gasteiger partial charge in [0.2, 0.25) is 0 Å². The SMILES string of the molecule is CC(C(=O)O)C1CCC(c2ccc3[nH]c(-c4nnc(Nc5cccc(OCc6ccccc6)c5)o4)nc3c2)CC1. The van der Waals surface area contributed by atoms with Crippen LogP contribution in [-0.2, 0) is 11.4 Å². The highest BCUT2D eigenvalue weighted by Crippen LogP contribution is 2.39. The highest BCUT2D eigenvalue weighted by Gasteiger charge is 2.29. The van der Waals surface area contributed by atoms with E-state index in [-0.39, 0.29) is 17.9 Å². The van der Waals surface area contributed by atoms with Gasteiger partial charge in [-0.1, -0.05) is 54.5 Å². The van der Waals surface area contributed by atoms with Gasteiger partial charge in [0, 0.05) is 11.8 Å². The van der Waals surface area contributed by atoms with E-state index in [2.05, 4.69) is 32.6 Å². The Balaban J connectivity index is 1.11. The van der Waals surface area contributed by atoms with E-state index in [0.717, 1.165) is 53.7 Å². The molecule has 0 aliphatic heterocycles. The summed E-state index contributed by atoms with van der Waals surface area (Å²) in [5.74, 6) is 1.20. The molecule has 3 N–H and O–H groups in total. The minimum Gasteiger partial charge on any atom is -0.489 e. The average Bonchev–Trinajstić information content (AvgIpc) is 3.63. The lowest BCUT2D eigenvalue weighted by Gasteiger charge is -2.30. The number of anilines is 2. The lowest BCUT2D eigenvalue weighted by Crippen LogP contribution is -2.24. The third-order valence-electron chi connectivity index (χ3n) is 7.81. The molecule has 204 valence electrons. The maximum absolute atomic E-state index is 11.4. The summed E-state index contributed by atoms with van der Waals surface area (Å²) < 4.78 is 11.8. The van der Waals surface area contributed by atoms with Crippen LogP contribution < -0.4 is 10.1 Å². The van der Waals surface area contributed by atoms with Crippen LogP contribution in [-0.4, -0.2) is 31.2 Å². The quantitative estimate of drug-likeness (QED) is 0.185. The summed E-state index contributed by atoms with van der Waals surface area (Å²) >= 11 is 0. The number of aromatic amines is 1. The van der Waals surface area contributed by atoms with Crippen LogP contribution in [0.2, 0.25) is 0 Å². The summed E-state index contributed by atoms with van der Waals surface area (Å²) in [6, 6.07) is 24.1. The van der Waals surface area contributed by atoms with E-state index in [1.54, 1.807) is 0 Å². The van der Waals surface area contributed by atoms with Crippen molar-refractivity contribution in [2.24, 2.45) is 11.8 Å². The number of ether oxygens (including phenoxy) is 1. The molecule has 1 saturated carbocycles. The van der Waals surface area contributed by atoms with Crippen LogP contribution in [0.1, 0.15) is 49.7 Å². The number of rotatable bonds is 9. The van der Waals surface area contributed by atoms with Crippen molar-refractivity contribution < 1.29 is 19.1 Å². The molecular formula is C31H31N5O4. The number of imidazole rings is 1. The molecule has 9 nitrogen and oxygen atoms in total. The van der Waals surface area contributed by atoms with Crippen molar-refractivity contribution in [2.45, 2.75) is 45.1 Å². The van der Waals surface area contributed by atoms with Gasteiger partial charge in [-0.3, -0.25) is 4.79 Å². The number of hydrogen-bond donors (Lipinski definition) is 3. The number of carbonyl (C=O) groups is 1. The number of H-pyrrole nitrogens is 1. The summed E-state index contributed by atoms with van der Waals surface area (Å²) in [7, 11) is 0. The van der Waals surface area contributed by atoms with Gasteiger partial charge in [-0.05, 0) is 72.9 Å². The Hall–Kier alpha value is -4.66. The summed E-state index contributed by atoms with van der Waals surface area (Å²) in [4.78, 5) is 19.3. The topological polar surface area (TPSA) is 126 Å². The zero-order chi connectivity index (χ0) is 27.5. The number of hydrogen-bond acceptors (Lipinski definition) is 7. The number of benzene rings is 3. The minimum atomic E-state index is -0.699. The van der Waals surface area contributed by atoms with Gasteiger partial charge in [0.05, 0.1) is 17.0 Å². The monoisotopic (exact) mass is 537 g/mol. The van der Waals surface area contributed by atoms with E-state index in [0.29, 0.717) is 24.2 Å². The van der Waals surface area contributed by atoms with Gasteiger partial charge in [-0.2, -0.15) is 0 Å². The molecular weight excluding hydrogens is 506 g/mol. The fourth-order valence-electron chi connectivity index (χ4n) is 5.43. The van der Waals surface area contributed by atoms with E-state index in [1.165, 1.54) is 5.56 Å². The highest BCUT2D eigenvalue weighted by molar-refractivity contribution is 5.79. The van der Waals surface area contributed by atoms with Crippen molar-refractivity contribution in [1.82, 2.24) is 20.2 Å². The number of nitrogens with one attached hydrogen (secondary N) is 2. The molecule has 40 heavy (non-hydrogen) atoms. The summed E-state index contributed by atoms with van der Waals surface area (Å²) in [6.07, 6.45) is 3.84. The molecule has 1 aliphatic rings. The van der Waals surface area contributed by atoms with Crippen LogP contribution in [0.4, 0.5) is 11.7 Å². The van der Waals surface area contributed by atoms with E-state index in [9.17, 15) is 9.90 Å². The second kappa shape index (κ2) is 11.2. The van der Waals surface area contributed by atoms with Crippen molar-refractivity contribution in [3.63, 3.8) is 0 Å². The number of aliphatic carboxylic acids is 1. The highest BCUT2D eigenvalue weighted by atomic mass is 16.5. The molecule has 0 radical (unpaired) electrons. The van der Waals surface area contributed by atoms with Crippen molar-refractivity contribution in [3.05, 3.63) is 83.9 Å². The fourth-order valence-corrected chi connectivity index (χ4v) is 5.43. The Morgan fingerprint density at radius 1 is 1.05 bits per heavy atom. The second-order valence-corrected chi connectivity index (χ2v) is 10.4. The summed E-state index contributed by atoms with van der Waals surface area (Å²) in [5, 5.41) is 20.8. The molecule has 5 aromatic rings. The third-order valence-corrected chi connectivity index (χ3v) is 7.81.